The maximum Gasteiger partial charge on any atom is 0.143 e. The summed E-state index contributed by atoms with van der Waals surface area (Å²) in [6.07, 6.45) is 0. The van der Waals surface area contributed by atoms with Crippen LogP contribution in [0.1, 0.15) is 0 Å². The molecule has 0 fully saturated rings. The van der Waals surface area contributed by atoms with Crippen LogP contribution in [0.15, 0.2) is 156 Å². The van der Waals surface area contributed by atoms with Gasteiger partial charge in [-0.1, -0.05) is 110 Å². The Morgan fingerprint density at radius 2 is 1.18 bits per heavy atom. The average Bonchev–Trinajstić information content (AvgIpc) is 3.76. The largest absolute Gasteiger partial charge is 0.455 e. The van der Waals surface area contributed by atoms with Crippen molar-refractivity contribution in [1.29, 1.82) is 0 Å². The molecule has 0 aliphatic carbocycles. The molecule has 0 amide bonds. The third-order valence-corrected chi connectivity index (χ3v) is 14.7. The molecule has 0 saturated carbocycles. The van der Waals surface area contributed by atoms with E-state index in [0.29, 0.717) is 0 Å². The zero-order valence-electron chi connectivity index (χ0n) is 27.3. The van der Waals surface area contributed by atoms with Crippen molar-refractivity contribution < 1.29 is 4.42 Å². The Balaban J connectivity index is 1.06. The van der Waals surface area contributed by atoms with E-state index in [-0.39, 0.29) is 0 Å². The molecule has 10 aromatic rings. The van der Waals surface area contributed by atoms with Gasteiger partial charge in [0.15, 0.2) is 0 Å². The fourth-order valence-electron chi connectivity index (χ4n) is 8.69. The van der Waals surface area contributed by atoms with Gasteiger partial charge in [0.1, 0.15) is 19.2 Å². The highest BCUT2D eigenvalue weighted by Gasteiger charge is 2.37. The summed E-state index contributed by atoms with van der Waals surface area (Å²) in [7, 11) is -1.75. The molecule has 0 bridgehead atoms. The Morgan fingerprint density at radius 1 is 0.449 bits per heavy atom. The van der Waals surface area contributed by atoms with Gasteiger partial charge >= 0.3 is 0 Å². The minimum Gasteiger partial charge on any atom is -0.455 e. The molecular formula is C46H31NOSi. The van der Waals surface area contributed by atoms with Crippen molar-refractivity contribution in [1.82, 2.24) is 4.57 Å². The molecule has 0 spiro atoms. The van der Waals surface area contributed by atoms with Gasteiger partial charge in [0, 0.05) is 32.6 Å². The van der Waals surface area contributed by atoms with Gasteiger partial charge in [-0.15, -0.1) is 0 Å². The van der Waals surface area contributed by atoms with Crippen molar-refractivity contribution in [2.75, 3.05) is 0 Å². The predicted molar refractivity (Wildman–Crippen MR) is 211 cm³/mol. The molecule has 230 valence electrons. The molecule has 3 heterocycles. The highest BCUT2D eigenvalue weighted by atomic mass is 28.3. The van der Waals surface area contributed by atoms with E-state index < -0.39 is 8.07 Å². The molecule has 2 aromatic heterocycles. The van der Waals surface area contributed by atoms with E-state index in [1.807, 2.05) is 6.07 Å². The molecule has 0 N–H and O–H groups in total. The Morgan fingerprint density at radius 3 is 2.12 bits per heavy atom. The van der Waals surface area contributed by atoms with Crippen LogP contribution >= 0.6 is 0 Å². The van der Waals surface area contributed by atoms with E-state index in [2.05, 4.69) is 163 Å². The zero-order valence-corrected chi connectivity index (χ0v) is 28.3. The van der Waals surface area contributed by atoms with Gasteiger partial charge in [-0.2, -0.15) is 0 Å². The summed E-state index contributed by atoms with van der Waals surface area (Å²) in [6.45, 7) is 4.98. The zero-order chi connectivity index (χ0) is 32.4. The summed E-state index contributed by atoms with van der Waals surface area (Å²) >= 11 is 0. The minimum atomic E-state index is -1.75. The van der Waals surface area contributed by atoms with Gasteiger partial charge in [-0.05, 0) is 103 Å². The van der Waals surface area contributed by atoms with Crippen molar-refractivity contribution in [3.05, 3.63) is 152 Å². The van der Waals surface area contributed by atoms with Crippen LogP contribution in [0.5, 0.6) is 0 Å². The molecule has 11 rings (SSSR count). The molecule has 0 atom stereocenters. The molecule has 2 nitrogen and oxygen atoms in total. The van der Waals surface area contributed by atoms with Gasteiger partial charge < -0.3 is 8.98 Å². The van der Waals surface area contributed by atoms with Crippen molar-refractivity contribution in [3.63, 3.8) is 0 Å². The number of benzene rings is 8. The summed E-state index contributed by atoms with van der Waals surface area (Å²) in [5, 5.41) is 12.7. The lowest BCUT2D eigenvalue weighted by Gasteiger charge is -2.19. The Bertz CT molecular complexity index is 3030. The van der Waals surface area contributed by atoms with E-state index in [0.717, 1.165) is 21.9 Å². The van der Waals surface area contributed by atoms with Crippen LogP contribution < -0.4 is 10.4 Å². The second kappa shape index (κ2) is 9.59. The molecule has 8 aromatic carbocycles. The molecule has 1 aliphatic heterocycles. The quantitative estimate of drug-likeness (QED) is 0.136. The molecule has 0 radical (unpaired) electrons. The Labute approximate surface area is 284 Å². The first-order valence-corrected chi connectivity index (χ1v) is 20.1. The lowest BCUT2D eigenvalue weighted by Crippen LogP contribution is -2.49. The first-order valence-electron chi connectivity index (χ1n) is 17.1. The van der Waals surface area contributed by atoms with E-state index in [4.69, 9.17) is 4.42 Å². The SMILES string of the molecule is C[Si]1(C)c2ccccc2-c2ccc(-c3ccc4c(c3)c3ccccc3n4-c3ccc4cc5c(ccc6c7ccccc7oc56)cc4c3)cc21. The topological polar surface area (TPSA) is 18.1 Å². The highest BCUT2D eigenvalue weighted by molar-refractivity contribution is 7.03. The van der Waals surface area contributed by atoms with Gasteiger partial charge in [-0.3, -0.25) is 0 Å². The normalized spacial score (nSPS) is 13.7. The number of fused-ring (bicyclic) bond motifs is 12. The number of hydrogen-bond acceptors (Lipinski definition) is 1. The van der Waals surface area contributed by atoms with Crippen LogP contribution in [0.2, 0.25) is 13.1 Å². The van der Waals surface area contributed by atoms with Gasteiger partial charge in [0.2, 0.25) is 0 Å². The third kappa shape index (κ3) is 3.71. The van der Waals surface area contributed by atoms with Crippen LogP contribution in [-0.4, -0.2) is 12.6 Å². The first kappa shape index (κ1) is 27.1. The van der Waals surface area contributed by atoms with Crippen molar-refractivity contribution in [3.8, 4) is 27.9 Å². The van der Waals surface area contributed by atoms with E-state index in [9.17, 15) is 0 Å². The number of para-hydroxylation sites is 2. The summed E-state index contributed by atoms with van der Waals surface area (Å²) in [5.41, 5.74) is 10.9. The first-order chi connectivity index (χ1) is 24.0. The summed E-state index contributed by atoms with van der Waals surface area (Å²) in [5.74, 6) is 0. The smallest absolute Gasteiger partial charge is 0.143 e. The summed E-state index contributed by atoms with van der Waals surface area (Å²) < 4.78 is 8.81. The Hall–Kier alpha value is -5.90. The maximum absolute atomic E-state index is 6.38. The van der Waals surface area contributed by atoms with E-state index in [1.165, 1.54) is 71.3 Å². The highest BCUT2D eigenvalue weighted by Crippen LogP contribution is 2.39. The molecule has 3 heteroatoms. The van der Waals surface area contributed by atoms with Crippen LogP contribution in [-0.2, 0) is 0 Å². The third-order valence-electron chi connectivity index (χ3n) is 11.1. The van der Waals surface area contributed by atoms with Gasteiger partial charge in [0.25, 0.3) is 0 Å². The second-order valence-corrected chi connectivity index (χ2v) is 18.5. The average molecular weight is 642 g/mol. The standard InChI is InChI=1S/C46H31NOSi/c1-49(2)44-14-8-5-11-36(44)37-20-16-30(27-45(37)49)28-18-22-42-40(26-28)34-9-3-6-12-41(34)47(42)33-19-15-29-25-39-31(23-32(29)24-33)17-21-38-35-10-4-7-13-43(35)48-46(38)39/h3-27H,1-2H3. The number of hydrogen-bond donors (Lipinski definition) is 0. The summed E-state index contributed by atoms with van der Waals surface area (Å²) in [4.78, 5) is 0. The summed E-state index contributed by atoms with van der Waals surface area (Å²) in [6, 6.07) is 56.2. The number of nitrogens with zero attached hydrogens (tertiary/aromatic N) is 1. The number of furan rings is 1. The van der Waals surface area contributed by atoms with Crippen LogP contribution in [0.3, 0.4) is 0 Å². The molecular weight excluding hydrogens is 611 g/mol. The van der Waals surface area contributed by atoms with Crippen LogP contribution in [0, 0.1) is 0 Å². The monoisotopic (exact) mass is 641 g/mol. The second-order valence-electron chi connectivity index (χ2n) is 14.2. The van der Waals surface area contributed by atoms with Crippen molar-refractivity contribution in [2.24, 2.45) is 0 Å². The molecule has 49 heavy (non-hydrogen) atoms. The lowest BCUT2D eigenvalue weighted by atomic mass is 9.99. The van der Waals surface area contributed by atoms with Crippen molar-refractivity contribution in [2.45, 2.75) is 13.1 Å². The van der Waals surface area contributed by atoms with Crippen molar-refractivity contribution >= 4 is 83.7 Å². The minimum absolute atomic E-state index is 0.933. The van der Waals surface area contributed by atoms with Crippen LogP contribution in [0.4, 0.5) is 0 Å². The maximum atomic E-state index is 6.38. The van der Waals surface area contributed by atoms with Crippen LogP contribution in [0.25, 0.3) is 93.2 Å². The molecule has 0 unspecified atom stereocenters. The Kier molecular flexibility index (Phi) is 5.30. The van der Waals surface area contributed by atoms with Gasteiger partial charge in [-0.25, -0.2) is 0 Å². The fourth-order valence-corrected chi connectivity index (χ4v) is 11.8. The lowest BCUT2D eigenvalue weighted by molar-refractivity contribution is 0.672. The molecule has 1 aliphatic rings. The molecule has 0 saturated heterocycles. The number of aromatic nitrogens is 1. The van der Waals surface area contributed by atoms with E-state index in [1.54, 1.807) is 10.4 Å². The fraction of sp³-hybridized carbons (Fsp3) is 0.0435. The predicted octanol–water partition coefficient (Wildman–Crippen LogP) is 11.5. The van der Waals surface area contributed by atoms with E-state index >= 15 is 0 Å². The number of rotatable bonds is 2. The van der Waals surface area contributed by atoms with Gasteiger partial charge in [0.05, 0.1) is 11.0 Å².